The molecule has 0 aromatic rings. The van der Waals surface area contributed by atoms with Crippen molar-refractivity contribution in [2.75, 3.05) is 0 Å². The van der Waals surface area contributed by atoms with Crippen LogP contribution in [0.15, 0.2) is 23.3 Å². The molecule has 0 bridgehead atoms. The molecule has 0 nitrogen and oxygen atoms in total. The number of allylic oxidation sites excluding steroid dienone is 4. The van der Waals surface area contributed by atoms with E-state index < -0.39 is 0 Å². The fraction of sp³-hybridized carbons (Fsp3) is 0.692. The Morgan fingerprint density at radius 2 is 2.08 bits per heavy atom. The van der Waals surface area contributed by atoms with Gasteiger partial charge in [0.1, 0.15) is 0 Å². The minimum Gasteiger partial charge on any atom is -0.0802 e. The molecule has 3 aliphatic rings. The highest BCUT2D eigenvalue weighted by Crippen LogP contribution is 2.49. The van der Waals surface area contributed by atoms with Crippen molar-refractivity contribution in [1.82, 2.24) is 0 Å². The lowest BCUT2D eigenvalue weighted by molar-refractivity contribution is 0.258. The Bertz CT molecular complexity index is 294. The van der Waals surface area contributed by atoms with Gasteiger partial charge in [0.15, 0.2) is 0 Å². The molecule has 70 valence electrons. The van der Waals surface area contributed by atoms with E-state index in [9.17, 15) is 0 Å². The third kappa shape index (κ3) is 1.19. The summed E-state index contributed by atoms with van der Waals surface area (Å²) in [5, 5.41) is 0. The second kappa shape index (κ2) is 3.01. The molecular weight excluding hydrogens is 156 g/mol. The smallest absolute Gasteiger partial charge is 0.0319 e. The maximum Gasteiger partial charge on any atom is 0.0319 e. The Kier molecular flexibility index (Phi) is 1.59. The van der Waals surface area contributed by atoms with E-state index in [-0.39, 0.29) is 6.40 Å². The molecular formula is C13H18. The molecule has 0 amide bonds. The second-order valence-electron chi connectivity index (χ2n) is 4.68. The molecule has 0 saturated heterocycles. The highest BCUT2D eigenvalue weighted by molar-refractivity contribution is 5.44. The zero-order valence-corrected chi connectivity index (χ0v) is 8.13. The summed E-state index contributed by atoms with van der Waals surface area (Å²) in [4.78, 5) is 0. The lowest BCUT2D eigenvalue weighted by Gasteiger charge is -2.38. The van der Waals surface area contributed by atoms with Gasteiger partial charge in [-0.1, -0.05) is 37.0 Å². The Labute approximate surface area is 82.1 Å². The summed E-state index contributed by atoms with van der Waals surface area (Å²) < 4.78 is 8.14. The lowest BCUT2D eigenvalue weighted by Crippen LogP contribution is -2.26. The second-order valence-corrected chi connectivity index (χ2v) is 4.68. The van der Waals surface area contributed by atoms with Gasteiger partial charge in [0.2, 0.25) is 0 Å². The van der Waals surface area contributed by atoms with Crippen molar-refractivity contribution in [2.24, 2.45) is 11.8 Å². The summed E-state index contributed by atoms with van der Waals surface area (Å²) in [5.74, 6) is 1.46. The van der Waals surface area contributed by atoms with Crippen LogP contribution in [-0.4, -0.2) is 0 Å². The molecule has 0 spiro atoms. The van der Waals surface area contributed by atoms with Crippen LogP contribution in [0, 0.1) is 11.8 Å². The van der Waals surface area contributed by atoms with Gasteiger partial charge in [0.25, 0.3) is 0 Å². The molecule has 0 radical (unpaired) electrons. The van der Waals surface area contributed by atoms with E-state index in [0.29, 0.717) is 5.92 Å². The Morgan fingerprint density at radius 3 is 2.92 bits per heavy atom. The van der Waals surface area contributed by atoms with Gasteiger partial charge in [-0.2, -0.15) is 0 Å². The van der Waals surface area contributed by atoms with E-state index in [4.69, 9.17) is 1.37 Å². The molecule has 0 aliphatic heterocycles. The molecule has 3 aliphatic carbocycles. The monoisotopic (exact) mass is 175 g/mol. The zero-order chi connectivity index (χ0) is 9.54. The van der Waals surface area contributed by atoms with Gasteiger partial charge in [0.05, 0.1) is 0 Å². The average Bonchev–Trinajstić information content (AvgIpc) is 2.63. The first kappa shape index (κ1) is 6.86. The van der Waals surface area contributed by atoms with Crippen LogP contribution in [0.2, 0.25) is 0 Å². The Morgan fingerprint density at radius 1 is 1.23 bits per heavy atom. The van der Waals surface area contributed by atoms with E-state index in [1.54, 1.807) is 5.57 Å². The van der Waals surface area contributed by atoms with Crippen LogP contribution >= 0.6 is 0 Å². The van der Waals surface area contributed by atoms with Crippen LogP contribution in [0.1, 0.15) is 46.3 Å². The van der Waals surface area contributed by atoms with E-state index in [2.05, 4.69) is 12.2 Å². The van der Waals surface area contributed by atoms with Crippen LogP contribution < -0.4 is 0 Å². The van der Waals surface area contributed by atoms with Gasteiger partial charge in [-0.3, -0.25) is 0 Å². The van der Waals surface area contributed by atoms with Crippen molar-refractivity contribution in [3.63, 3.8) is 0 Å². The molecule has 2 unspecified atom stereocenters. The highest BCUT2D eigenvalue weighted by atomic mass is 14.4. The number of hydrogen-bond donors (Lipinski definition) is 0. The normalized spacial score (nSPS) is 40.2. The summed E-state index contributed by atoms with van der Waals surface area (Å²) >= 11 is 0. The summed E-state index contributed by atoms with van der Waals surface area (Å²) in [6.45, 7) is 0. The molecule has 0 heterocycles. The van der Waals surface area contributed by atoms with Crippen LogP contribution in [0.4, 0.5) is 0 Å². The van der Waals surface area contributed by atoms with Gasteiger partial charge in [-0.05, 0) is 43.1 Å². The van der Waals surface area contributed by atoms with E-state index in [1.165, 1.54) is 37.7 Å². The van der Waals surface area contributed by atoms with Gasteiger partial charge >= 0.3 is 0 Å². The Balaban J connectivity index is 1.77. The fourth-order valence-corrected chi connectivity index (χ4v) is 3.12. The molecule has 0 aromatic carbocycles. The number of hydrogen-bond acceptors (Lipinski definition) is 0. The van der Waals surface area contributed by atoms with Crippen molar-refractivity contribution in [2.45, 2.75) is 44.9 Å². The maximum atomic E-state index is 8.14. The summed E-state index contributed by atoms with van der Waals surface area (Å²) in [6.07, 6.45) is 12.8. The van der Waals surface area contributed by atoms with Crippen molar-refractivity contribution in [1.29, 1.82) is 0 Å². The molecule has 3 rings (SSSR count). The largest absolute Gasteiger partial charge is 0.0802 e. The van der Waals surface area contributed by atoms with Gasteiger partial charge in [-0.25, -0.2) is 0 Å². The predicted octanol–water partition coefficient (Wildman–Crippen LogP) is 3.84. The topological polar surface area (TPSA) is 0 Å². The maximum absolute atomic E-state index is 8.14. The molecule has 2 atom stereocenters. The summed E-state index contributed by atoms with van der Waals surface area (Å²) in [6, 6.07) is 0. The van der Waals surface area contributed by atoms with Gasteiger partial charge < -0.3 is 0 Å². The Hall–Kier alpha value is -0.520. The van der Waals surface area contributed by atoms with E-state index in [1.807, 2.05) is 0 Å². The minimum absolute atomic E-state index is 0.156. The van der Waals surface area contributed by atoms with Gasteiger partial charge in [0, 0.05) is 1.37 Å². The van der Waals surface area contributed by atoms with E-state index in [0.717, 1.165) is 12.3 Å². The van der Waals surface area contributed by atoms with Crippen LogP contribution in [0.5, 0.6) is 0 Å². The fourth-order valence-electron chi connectivity index (χ4n) is 3.12. The SMILES string of the molecule is [2H]C1C2=C(C=CC2)C1C1CCCCC1. The van der Waals surface area contributed by atoms with Crippen LogP contribution in [0.3, 0.4) is 0 Å². The zero-order valence-electron chi connectivity index (χ0n) is 9.13. The molecule has 0 heteroatoms. The predicted molar refractivity (Wildman–Crippen MR) is 55.5 cm³/mol. The molecule has 1 fully saturated rings. The first-order valence-corrected chi connectivity index (χ1v) is 5.69. The van der Waals surface area contributed by atoms with E-state index >= 15 is 0 Å². The number of rotatable bonds is 1. The molecule has 0 aromatic heterocycles. The lowest BCUT2D eigenvalue weighted by atomic mass is 9.67. The van der Waals surface area contributed by atoms with Crippen molar-refractivity contribution < 1.29 is 1.37 Å². The first-order chi connectivity index (χ1) is 6.88. The van der Waals surface area contributed by atoms with Gasteiger partial charge in [-0.15, -0.1) is 0 Å². The first-order valence-electron chi connectivity index (χ1n) is 6.27. The summed E-state index contributed by atoms with van der Waals surface area (Å²) in [7, 11) is 0. The van der Waals surface area contributed by atoms with Crippen molar-refractivity contribution in [3.8, 4) is 0 Å². The third-order valence-electron chi connectivity index (χ3n) is 3.90. The quantitative estimate of drug-likeness (QED) is 0.568. The summed E-state index contributed by atoms with van der Waals surface area (Å²) in [5.41, 5.74) is 2.98. The third-order valence-corrected chi connectivity index (χ3v) is 3.90. The standard InChI is InChI=1S/C13H18/c1-2-5-10(6-3-1)13-9-11-7-4-8-12(11)13/h4,8,10,13H,1-3,5-7,9H2/i9D. The van der Waals surface area contributed by atoms with Crippen LogP contribution in [-0.2, 0) is 0 Å². The van der Waals surface area contributed by atoms with Crippen molar-refractivity contribution >= 4 is 0 Å². The molecule has 0 N–H and O–H groups in total. The van der Waals surface area contributed by atoms with Crippen LogP contribution in [0.25, 0.3) is 0 Å². The average molecular weight is 175 g/mol. The molecule has 1 saturated carbocycles. The molecule has 13 heavy (non-hydrogen) atoms. The highest BCUT2D eigenvalue weighted by Gasteiger charge is 2.35. The van der Waals surface area contributed by atoms with Crippen molar-refractivity contribution in [3.05, 3.63) is 23.3 Å². The minimum atomic E-state index is 0.156.